The first-order valence-corrected chi connectivity index (χ1v) is 11.2. The van der Waals surface area contributed by atoms with Gasteiger partial charge in [0, 0.05) is 24.6 Å². The van der Waals surface area contributed by atoms with Crippen molar-refractivity contribution < 1.29 is 8.78 Å². The Morgan fingerprint density at radius 1 is 1.26 bits per heavy atom. The zero-order valence-corrected chi connectivity index (χ0v) is 19.3. The molecule has 6 nitrogen and oxygen atoms in total. The number of fused-ring (bicyclic) bond motifs is 1. The Balaban J connectivity index is 1.69. The van der Waals surface area contributed by atoms with E-state index >= 15 is 0 Å². The number of nitrogens with one attached hydrogen (secondary N) is 2. The molecular weight excluding hydrogens is 434 g/mol. The Hall–Kier alpha value is -3.78. The lowest BCUT2D eigenvalue weighted by Gasteiger charge is -2.18. The smallest absolute Gasteiger partial charge is 0.262 e. The summed E-state index contributed by atoms with van der Waals surface area (Å²) in [6.07, 6.45) is 3.37. The molecule has 174 valence electrons. The van der Waals surface area contributed by atoms with E-state index in [1.54, 1.807) is 6.08 Å². The summed E-state index contributed by atoms with van der Waals surface area (Å²) < 4.78 is 27.8. The molecular formula is C26H26F2N6. The molecule has 1 aliphatic carbocycles. The average molecular weight is 461 g/mol. The van der Waals surface area contributed by atoms with Crippen molar-refractivity contribution in [2.45, 2.75) is 52.0 Å². The number of aromatic nitrogens is 2. The van der Waals surface area contributed by atoms with Gasteiger partial charge in [-0.25, -0.2) is 18.7 Å². The first-order chi connectivity index (χ1) is 16.3. The molecule has 1 saturated carbocycles. The average Bonchev–Trinajstić information content (AvgIpc) is 3.50. The molecule has 0 radical (unpaired) electrons. The number of benzene rings is 1. The molecule has 0 bridgehead atoms. The number of hydrogen-bond acceptors (Lipinski definition) is 6. The van der Waals surface area contributed by atoms with Crippen LogP contribution in [0.3, 0.4) is 0 Å². The van der Waals surface area contributed by atoms with Gasteiger partial charge in [-0.15, -0.1) is 0 Å². The minimum absolute atomic E-state index is 0.256. The fourth-order valence-electron chi connectivity index (χ4n) is 4.49. The maximum absolute atomic E-state index is 13.9. The van der Waals surface area contributed by atoms with Gasteiger partial charge < -0.3 is 10.6 Å². The van der Waals surface area contributed by atoms with Gasteiger partial charge in [-0.05, 0) is 61.4 Å². The van der Waals surface area contributed by atoms with Crippen LogP contribution in [0.15, 0.2) is 24.8 Å². The van der Waals surface area contributed by atoms with E-state index in [9.17, 15) is 14.0 Å². The van der Waals surface area contributed by atoms with E-state index in [0.717, 1.165) is 35.1 Å². The highest BCUT2D eigenvalue weighted by atomic mass is 19.3. The minimum atomic E-state index is -2.63. The third-order valence-electron chi connectivity index (χ3n) is 6.59. The van der Waals surface area contributed by atoms with E-state index in [2.05, 4.69) is 33.2 Å². The molecule has 8 heteroatoms. The monoisotopic (exact) mass is 460 g/mol. The molecule has 2 aliphatic rings. The fraction of sp³-hybridized carbons (Fsp3) is 0.385. The van der Waals surface area contributed by atoms with Gasteiger partial charge in [0.2, 0.25) is 5.95 Å². The van der Waals surface area contributed by atoms with Crippen molar-refractivity contribution in [1.82, 2.24) is 15.3 Å². The lowest BCUT2D eigenvalue weighted by molar-refractivity contribution is 0.108. The van der Waals surface area contributed by atoms with Crippen LogP contribution in [-0.2, 0) is 6.42 Å². The van der Waals surface area contributed by atoms with E-state index in [1.807, 2.05) is 32.0 Å². The summed E-state index contributed by atoms with van der Waals surface area (Å²) in [5, 5.41) is 24.1. The molecule has 0 saturated heterocycles. The Morgan fingerprint density at radius 3 is 2.56 bits per heavy atom. The zero-order chi connectivity index (χ0) is 24.5. The van der Waals surface area contributed by atoms with Gasteiger partial charge >= 0.3 is 0 Å². The summed E-state index contributed by atoms with van der Waals surface area (Å²) in [6.45, 7) is 8.35. The van der Waals surface area contributed by atoms with E-state index in [4.69, 9.17) is 5.26 Å². The summed E-state index contributed by atoms with van der Waals surface area (Å²) in [6, 6.07) is 7.08. The van der Waals surface area contributed by atoms with Crippen LogP contribution in [0, 0.1) is 41.9 Å². The Morgan fingerprint density at radius 2 is 1.97 bits per heavy atom. The maximum Gasteiger partial charge on any atom is 0.262 e. The highest BCUT2D eigenvalue weighted by Crippen LogP contribution is 2.47. The first kappa shape index (κ1) is 23.4. The summed E-state index contributed by atoms with van der Waals surface area (Å²) in [4.78, 5) is 9.14. The van der Waals surface area contributed by atoms with Gasteiger partial charge in [-0.2, -0.15) is 10.5 Å². The normalized spacial score (nSPS) is 17.9. The van der Waals surface area contributed by atoms with Gasteiger partial charge in [0.25, 0.3) is 6.43 Å². The molecule has 2 aromatic rings. The number of anilines is 1. The summed E-state index contributed by atoms with van der Waals surface area (Å²) in [5.74, 6) is 0.351. The Labute approximate surface area is 198 Å². The van der Waals surface area contributed by atoms with Crippen LogP contribution in [0.4, 0.5) is 14.7 Å². The largest absolute Gasteiger partial charge is 0.372 e. The van der Waals surface area contributed by atoms with Crippen molar-refractivity contribution in [3.63, 3.8) is 0 Å². The quantitative estimate of drug-likeness (QED) is 0.525. The lowest BCUT2D eigenvalue weighted by Crippen LogP contribution is -2.21. The molecule has 1 aromatic heterocycles. The topological polar surface area (TPSA) is 97.4 Å². The predicted molar refractivity (Wildman–Crippen MR) is 127 cm³/mol. The number of hydrogen-bond donors (Lipinski definition) is 2. The number of aryl methyl sites for hydroxylation is 2. The van der Waals surface area contributed by atoms with E-state index in [-0.39, 0.29) is 5.41 Å². The van der Waals surface area contributed by atoms with Crippen molar-refractivity contribution in [3.05, 3.63) is 64.0 Å². The number of alkyl halides is 2. The van der Waals surface area contributed by atoms with E-state index in [1.165, 1.54) is 6.08 Å². The first-order valence-electron chi connectivity index (χ1n) is 11.2. The summed E-state index contributed by atoms with van der Waals surface area (Å²) in [5.41, 5.74) is 5.29. The number of allylic oxidation sites excluding steroid dienone is 1. The second-order valence-electron chi connectivity index (χ2n) is 9.03. The third-order valence-corrected chi connectivity index (χ3v) is 6.59. The number of halogens is 2. The van der Waals surface area contributed by atoms with Gasteiger partial charge in [0.15, 0.2) is 0 Å². The molecule has 1 aliphatic heterocycles. The van der Waals surface area contributed by atoms with Crippen molar-refractivity contribution in [2.75, 3.05) is 11.9 Å². The molecule has 2 N–H and O–H groups in total. The second-order valence-corrected chi connectivity index (χ2v) is 9.03. The molecule has 34 heavy (non-hydrogen) atoms. The third kappa shape index (κ3) is 4.63. The SMILES string of the molecule is C=C1NC(C(F)F)c2c(Cc3c(C)cc(/C=C/C#N)cc3C)nc(NCCC3(C#N)CC3)nc21. The molecule has 0 spiro atoms. The highest BCUT2D eigenvalue weighted by Gasteiger charge is 2.42. The molecule has 1 atom stereocenters. The van der Waals surface area contributed by atoms with Crippen molar-refractivity contribution in [3.8, 4) is 12.1 Å². The van der Waals surface area contributed by atoms with Crippen LogP contribution < -0.4 is 10.6 Å². The fourth-order valence-corrected chi connectivity index (χ4v) is 4.49. The Kier molecular flexibility index (Phi) is 6.34. The molecule has 0 amide bonds. The number of nitriles is 2. The molecule has 1 fully saturated rings. The van der Waals surface area contributed by atoms with Gasteiger partial charge in [0.1, 0.15) is 6.04 Å². The molecule has 2 heterocycles. The van der Waals surface area contributed by atoms with E-state index in [0.29, 0.717) is 48.0 Å². The van der Waals surface area contributed by atoms with Crippen LogP contribution in [0.25, 0.3) is 11.8 Å². The molecule has 1 aromatic carbocycles. The highest BCUT2D eigenvalue weighted by molar-refractivity contribution is 5.70. The lowest BCUT2D eigenvalue weighted by atomic mass is 9.93. The standard InChI is InChI=1S/C26H26F2N6/c1-15-11-18(5-4-9-29)12-16(2)19(15)13-20-21-22(17(3)32-23(21)24(27)28)34-25(33-20)31-10-8-26(14-30)6-7-26/h4-5,11-12,23-24,32H,3,6-8,10,13H2,1-2H3,(H,31,33,34)/b5-4+. The minimum Gasteiger partial charge on any atom is -0.372 e. The Bertz CT molecular complexity index is 1220. The molecule has 4 rings (SSSR count). The summed E-state index contributed by atoms with van der Waals surface area (Å²) in [7, 11) is 0. The van der Waals surface area contributed by atoms with Crippen molar-refractivity contribution in [1.29, 1.82) is 10.5 Å². The second kappa shape index (κ2) is 9.23. The number of nitrogens with zero attached hydrogens (tertiary/aromatic N) is 4. The van der Waals surface area contributed by atoms with E-state index < -0.39 is 12.5 Å². The van der Waals surface area contributed by atoms with Gasteiger partial charge in [-0.3, -0.25) is 0 Å². The maximum atomic E-state index is 13.9. The molecule has 1 unspecified atom stereocenters. The van der Waals surface area contributed by atoms with Crippen molar-refractivity contribution in [2.24, 2.45) is 5.41 Å². The van der Waals surface area contributed by atoms with Gasteiger partial charge in [0.05, 0.1) is 34.6 Å². The van der Waals surface area contributed by atoms with Crippen LogP contribution in [0.2, 0.25) is 0 Å². The van der Waals surface area contributed by atoms with Gasteiger partial charge in [-0.1, -0.05) is 18.7 Å². The van der Waals surface area contributed by atoms with Crippen LogP contribution >= 0.6 is 0 Å². The summed E-state index contributed by atoms with van der Waals surface area (Å²) >= 11 is 0. The van der Waals surface area contributed by atoms with Crippen LogP contribution in [0.1, 0.15) is 64.5 Å². The van der Waals surface area contributed by atoms with Crippen molar-refractivity contribution >= 4 is 17.7 Å². The zero-order valence-electron chi connectivity index (χ0n) is 19.3. The number of rotatable bonds is 8. The predicted octanol–water partition coefficient (Wildman–Crippen LogP) is 5.21. The van der Waals surface area contributed by atoms with Crippen LogP contribution in [0.5, 0.6) is 0 Å². The van der Waals surface area contributed by atoms with Crippen LogP contribution in [-0.4, -0.2) is 22.9 Å².